The molecule has 0 spiro atoms. The highest BCUT2D eigenvalue weighted by molar-refractivity contribution is 5.95. The zero-order valence-electron chi connectivity index (χ0n) is 10.9. The quantitative estimate of drug-likeness (QED) is 0.852. The van der Waals surface area contributed by atoms with Crippen molar-refractivity contribution in [3.05, 3.63) is 29.8 Å². The number of carbonyl (C=O) groups is 2. The van der Waals surface area contributed by atoms with Gasteiger partial charge in [0.1, 0.15) is 0 Å². The SMILES string of the molecule is CCc1ccccc1N1C(=O)NCC1CCC(=O)O. The van der Waals surface area contributed by atoms with E-state index in [-0.39, 0.29) is 18.5 Å². The summed E-state index contributed by atoms with van der Waals surface area (Å²) in [5.41, 5.74) is 1.98. The predicted octanol–water partition coefficient (Wildman–Crippen LogP) is 2.01. The van der Waals surface area contributed by atoms with Crippen LogP contribution >= 0.6 is 0 Å². The monoisotopic (exact) mass is 262 g/mol. The van der Waals surface area contributed by atoms with Gasteiger partial charge in [-0.3, -0.25) is 9.69 Å². The van der Waals surface area contributed by atoms with Crippen LogP contribution in [0.15, 0.2) is 24.3 Å². The number of benzene rings is 1. The van der Waals surface area contributed by atoms with Gasteiger partial charge in [-0.1, -0.05) is 25.1 Å². The maximum Gasteiger partial charge on any atom is 0.322 e. The third kappa shape index (κ3) is 2.86. The summed E-state index contributed by atoms with van der Waals surface area (Å²) in [6, 6.07) is 7.52. The normalized spacial score (nSPS) is 18.5. The van der Waals surface area contributed by atoms with Crippen LogP contribution in [0.2, 0.25) is 0 Å². The Morgan fingerprint density at radius 2 is 2.21 bits per heavy atom. The molecule has 1 aromatic rings. The van der Waals surface area contributed by atoms with E-state index in [2.05, 4.69) is 5.32 Å². The molecule has 19 heavy (non-hydrogen) atoms. The molecular weight excluding hydrogens is 244 g/mol. The largest absolute Gasteiger partial charge is 0.481 e. The highest BCUT2D eigenvalue weighted by Gasteiger charge is 2.32. The molecule has 1 aliphatic rings. The number of nitrogens with one attached hydrogen (secondary N) is 1. The van der Waals surface area contributed by atoms with E-state index in [0.717, 1.165) is 17.7 Å². The van der Waals surface area contributed by atoms with Crippen LogP contribution in [0, 0.1) is 0 Å². The lowest BCUT2D eigenvalue weighted by molar-refractivity contribution is -0.137. The van der Waals surface area contributed by atoms with Crippen molar-refractivity contribution >= 4 is 17.7 Å². The number of hydrogen-bond donors (Lipinski definition) is 2. The lowest BCUT2D eigenvalue weighted by atomic mass is 10.1. The predicted molar refractivity (Wildman–Crippen MR) is 72.4 cm³/mol. The molecule has 1 aliphatic heterocycles. The first kappa shape index (κ1) is 13.4. The van der Waals surface area contributed by atoms with Crippen molar-refractivity contribution < 1.29 is 14.7 Å². The summed E-state index contributed by atoms with van der Waals surface area (Å²) in [5, 5.41) is 11.6. The van der Waals surface area contributed by atoms with Gasteiger partial charge in [-0.15, -0.1) is 0 Å². The number of hydrogen-bond acceptors (Lipinski definition) is 2. The van der Waals surface area contributed by atoms with E-state index in [1.54, 1.807) is 4.90 Å². The van der Waals surface area contributed by atoms with Crippen LogP contribution in [0.1, 0.15) is 25.3 Å². The van der Waals surface area contributed by atoms with Crippen molar-refractivity contribution in [3.63, 3.8) is 0 Å². The first-order valence-electron chi connectivity index (χ1n) is 6.50. The third-order valence-electron chi connectivity index (χ3n) is 3.40. The van der Waals surface area contributed by atoms with E-state index < -0.39 is 5.97 Å². The van der Waals surface area contributed by atoms with E-state index in [1.165, 1.54) is 0 Å². The number of carbonyl (C=O) groups excluding carboxylic acids is 1. The van der Waals surface area contributed by atoms with Crippen LogP contribution in [-0.2, 0) is 11.2 Å². The Balaban J connectivity index is 2.23. The molecule has 5 nitrogen and oxygen atoms in total. The second-order valence-electron chi connectivity index (χ2n) is 4.62. The highest BCUT2D eigenvalue weighted by Crippen LogP contribution is 2.27. The van der Waals surface area contributed by atoms with Gasteiger partial charge in [0.15, 0.2) is 0 Å². The van der Waals surface area contributed by atoms with E-state index in [4.69, 9.17) is 5.11 Å². The van der Waals surface area contributed by atoms with Crippen LogP contribution in [0.25, 0.3) is 0 Å². The molecule has 0 radical (unpaired) electrons. The molecule has 0 aliphatic carbocycles. The number of aryl methyl sites for hydroxylation is 1. The average molecular weight is 262 g/mol. The van der Waals surface area contributed by atoms with Crippen molar-refractivity contribution in [2.24, 2.45) is 0 Å². The molecule has 1 unspecified atom stereocenters. The van der Waals surface area contributed by atoms with E-state index in [1.807, 2.05) is 31.2 Å². The van der Waals surface area contributed by atoms with Gasteiger partial charge in [-0.05, 0) is 24.5 Å². The number of urea groups is 1. The molecule has 5 heteroatoms. The van der Waals surface area contributed by atoms with Crippen molar-refractivity contribution in [1.29, 1.82) is 0 Å². The average Bonchev–Trinajstić information content (AvgIpc) is 2.77. The Morgan fingerprint density at radius 3 is 2.89 bits per heavy atom. The molecule has 1 aromatic carbocycles. The van der Waals surface area contributed by atoms with Gasteiger partial charge in [-0.25, -0.2) is 4.79 Å². The third-order valence-corrected chi connectivity index (χ3v) is 3.40. The maximum absolute atomic E-state index is 12.0. The molecule has 1 atom stereocenters. The molecule has 1 saturated heterocycles. The number of anilines is 1. The lowest BCUT2D eigenvalue weighted by Crippen LogP contribution is -2.35. The van der Waals surface area contributed by atoms with Gasteiger partial charge in [0.25, 0.3) is 0 Å². The number of nitrogens with zero attached hydrogens (tertiary/aromatic N) is 1. The molecule has 0 bridgehead atoms. The number of carboxylic acid groups (broad SMARTS) is 1. The molecule has 2 rings (SSSR count). The van der Waals surface area contributed by atoms with Crippen molar-refractivity contribution in [2.45, 2.75) is 32.2 Å². The fraction of sp³-hybridized carbons (Fsp3) is 0.429. The van der Waals surface area contributed by atoms with Crippen LogP contribution in [0.5, 0.6) is 0 Å². The van der Waals surface area contributed by atoms with Gasteiger partial charge >= 0.3 is 12.0 Å². The van der Waals surface area contributed by atoms with Gasteiger partial charge in [-0.2, -0.15) is 0 Å². The van der Waals surface area contributed by atoms with Crippen molar-refractivity contribution in [2.75, 3.05) is 11.4 Å². The minimum Gasteiger partial charge on any atom is -0.481 e. The minimum absolute atomic E-state index is 0.0738. The second-order valence-corrected chi connectivity index (χ2v) is 4.62. The number of para-hydroxylation sites is 1. The number of carboxylic acids is 1. The first-order chi connectivity index (χ1) is 9.13. The summed E-state index contributed by atoms with van der Waals surface area (Å²) < 4.78 is 0. The topological polar surface area (TPSA) is 69.6 Å². The summed E-state index contributed by atoms with van der Waals surface area (Å²) in [5.74, 6) is -0.830. The summed E-state index contributed by atoms with van der Waals surface area (Å²) in [7, 11) is 0. The Bertz CT molecular complexity index is 487. The first-order valence-corrected chi connectivity index (χ1v) is 6.50. The standard InChI is InChI=1S/C14H18N2O3/c1-2-10-5-3-4-6-12(10)16-11(7-8-13(17)18)9-15-14(16)19/h3-6,11H,2,7-9H2,1H3,(H,15,19)(H,17,18). The summed E-state index contributed by atoms with van der Waals surface area (Å²) in [6.45, 7) is 2.54. The van der Waals surface area contributed by atoms with Gasteiger partial charge < -0.3 is 10.4 Å². The van der Waals surface area contributed by atoms with Gasteiger partial charge in [0.05, 0.1) is 6.04 Å². The number of rotatable bonds is 5. The van der Waals surface area contributed by atoms with Crippen LogP contribution < -0.4 is 10.2 Å². The van der Waals surface area contributed by atoms with Crippen molar-refractivity contribution in [1.82, 2.24) is 5.32 Å². The number of amides is 2. The van der Waals surface area contributed by atoms with Gasteiger partial charge in [0.2, 0.25) is 0 Å². The molecule has 0 saturated carbocycles. The summed E-state index contributed by atoms with van der Waals surface area (Å²) in [6.07, 6.45) is 1.38. The fourth-order valence-electron chi connectivity index (χ4n) is 2.42. The molecular formula is C14H18N2O3. The molecule has 2 N–H and O–H groups in total. The Hall–Kier alpha value is -2.04. The number of aliphatic carboxylic acids is 1. The molecule has 1 heterocycles. The second kappa shape index (κ2) is 5.73. The lowest BCUT2D eigenvalue weighted by Gasteiger charge is -2.25. The summed E-state index contributed by atoms with van der Waals surface area (Å²) in [4.78, 5) is 24.3. The van der Waals surface area contributed by atoms with Crippen LogP contribution in [0.3, 0.4) is 0 Å². The smallest absolute Gasteiger partial charge is 0.322 e. The Kier molecular flexibility index (Phi) is 4.04. The Labute approximate surface area is 112 Å². The molecule has 1 fully saturated rings. The molecule has 102 valence electrons. The molecule has 2 amide bonds. The van der Waals surface area contributed by atoms with Crippen LogP contribution in [-0.4, -0.2) is 29.7 Å². The highest BCUT2D eigenvalue weighted by atomic mass is 16.4. The van der Waals surface area contributed by atoms with E-state index in [0.29, 0.717) is 13.0 Å². The minimum atomic E-state index is -0.830. The van der Waals surface area contributed by atoms with Crippen LogP contribution in [0.4, 0.5) is 10.5 Å². The zero-order valence-corrected chi connectivity index (χ0v) is 10.9. The fourth-order valence-corrected chi connectivity index (χ4v) is 2.42. The zero-order chi connectivity index (χ0) is 13.8. The molecule has 0 aromatic heterocycles. The summed E-state index contributed by atoms with van der Waals surface area (Å²) >= 11 is 0. The van der Waals surface area contributed by atoms with E-state index >= 15 is 0 Å². The Morgan fingerprint density at radius 1 is 1.47 bits per heavy atom. The maximum atomic E-state index is 12.0. The van der Waals surface area contributed by atoms with Gasteiger partial charge in [0, 0.05) is 18.7 Å². The van der Waals surface area contributed by atoms with E-state index in [9.17, 15) is 9.59 Å². The van der Waals surface area contributed by atoms with Crippen molar-refractivity contribution in [3.8, 4) is 0 Å².